The Kier molecular flexibility index (Phi) is 14.8. The maximum Gasteiger partial charge on any atom is 0.162 e. The number of carbonyl (C=O) groups is 1. The Bertz CT molecular complexity index is 2090. The Morgan fingerprint density at radius 1 is 0.811 bits per heavy atom. The van der Waals surface area contributed by atoms with Crippen LogP contribution in [-0.2, 0) is 30.3 Å². The van der Waals surface area contributed by atoms with Gasteiger partial charge < -0.3 is 10.0 Å². The van der Waals surface area contributed by atoms with Gasteiger partial charge in [0.15, 0.2) is 5.78 Å². The first-order valence-electron chi connectivity index (χ1n) is 18.7. The number of aromatic nitrogens is 1. The van der Waals surface area contributed by atoms with Gasteiger partial charge in [-0.2, -0.15) is 0 Å². The zero-order chi connectivity index (χ0) is 37.4. The van der Waals surface area contributed by atoms with E-state index in [1.54, 1.807) is 11.3 Å². The van der Waals surface area contributed by atoms with Crippen LogP contribution in [-0.4, -0.2) is 15.9 Å². The number of aliphatic hydroxyl groups excluding tert-OH is 1. The molecule has 53 heavy (non-hydrogen) atoms. The number of nitrogens with zero attached hydrogens (tertiary/aromatic N) is 2. The third-order valence-corrected chi connectivity index (χ3v) is 11.3. The predicted molar refractivity (Wildman–Crippen MR) is 223 cm³/mol. The molecule has 0 atom stereocenters. The van der Waals surface area contributed by atoms with E-state index in [0.717, 1.165) is 53.7 Å². The molecular formula is C47H53IrN2O2S-. The molecule has 0 amide bonds. The molecule has 0 aliphatic carbocycles. The van der Waals surface area contributed by atoms with E-state index in [0.29, 0.717) is 0 Å². The smallest absolute Gasteiger partial charge is 0.162 e. The number of para-hydroxylation sites is 2. The van der Waals surface area contributed by atoms with Crippen molar-refractivity contribution in [2.24, 2.45) is 11.8 Å². The fourth-order valence-electron chi connectivity index (χ4n) is 6.84. The van der Waals surface area contributed by atoms with Gasteiger partial charge >= 0.3 is 0 Å². The van der Waals surface area contributed by atoms with Gasteiger partial charge in [0.1, 0.15) is 5.00 Å². The van der Waals surface area contributed by atoms with Crippen molar-refractivity contribution < 1.29 is 30.0 Å². The van der Waals surface area contributed by atoms with Crippen molar-refractivity contribution >= 4 is 54.4 Å². The normalized spacial score (nSPS) is 11.8. The summed E-state index contributed by atoms with van der Waals surface area (Å²) in [5.41, 5.74) is 6.91. The molecule has 279 valence electrons. The van der Waals surface area contributed by atoms with Gasteiger partial charge in [0.05, 0.1) is 5.76 Å². The third-order valence-electron chi connectivity index (χ3n) is 9.98. The predicted octanol–water partition coefficient (Wildman–Crippen LogP) is 13.9. The Balaban J connectivity index is 0.000000335. The van der Waals surface area contributed by atoms with Crippen LogP contribution in [0.25, 0.3) is 32.1 Å². The molecule has 6 heteroatoms. The maximum absolute atomic E-state index is 11.7. The third kappa shape index (κ3) is 9.53. The number of hydrogen-bond acceptors (Lipinski definition) is 5. The maximum atomic E-state index is 11.7. The first kappa shape index (κ1) is 41.7. The van der Waals surface area contributed by atoms with Crippen molar-refractivity contribution in [2.75, 3.05) is 4.90 Å². The second kappa shape index (κ2) is 18.8. The van der Waals surface area contributed by atoms with E-state index in [4.69, 9.17) is 4.98 Å². The quantitative estimate of drug-likeness (QED) is 0.0800. The molecule has 0 saturated heterocycles. The summed E-state index contributed by atoms with van der Waals surface area (Å²) in [4.78, 5) is 19.0. The standard InChI is InChI=1S/C34H29N2S.C13H24O2.Ir/c1-23-28-19-20-35-31(25-21-24-13-11-12-18-29(24)30(22-25)34(2,3)4)32(28)37-33(23)36(26-14-7-5-8-15-26)27-16-9-6-10-17-27;1-5-10(6-2)12(14)9-13(15)11(7-3)8-4;/h5-20,22H,1-4H3;9-11,14H,5-8H2,1-4H3;/q-1;;/b;12-9-;. The molecule has 0 bridgehead atoms. The van der Waals surface area contributed by atoms with Gasteiger partial charge in [-0.1, -0.05) is 114 Å². The fraction of sp³-hybridized carbons (Fsp3) is 0.319. The average molecular weight is 902 g/mol. The number of ketones is 1. The summed E-state index contributed by atoms with van der Waals surface area (Å²) in [5, 5.41) is 14.6. The summed E-state index contributed by atoms with van der Waals surface area (Å²) in [6.45, 7) is 17.1. The number of fused-ring (bicyclic) bond motifs is 2. The van der Waals surface area contributed by atoms with Gasteiger partial charge in [-0.25, -0.2) is 0 Å². The summed E-state index contributed by atoms with van der Waals surface area (Å²) < 4.78 is 1.19. The first-order valence-corrected chi connectivity index (χ1v) is 19.5. The van der Waals surface area contributed by atoms with Crippen LogP contribution in [0.3, 0.4) is 0 Å². The SMILES string of the molecule is CCC(CC)C(=O)/C=C(\O)C(CC)CC.Cc1c(N(c2ccccc2)c2ccccc2)sc2c(-c3[c-]c4ccccc4c(C(C)(C)C)c3)nccc12.[Ir]. The number of benzene rings is 4. The van der Waals surface area contributed by atoms with Crippen LogP contribution in [0.15, 0.2) is 115 Å². The van der Waals surface area contributed by atoms with Crippen molar-refractivity contribution in [3.05, 3.63) is 132 Å². The minimum absolute atomic E-state index is 0. The number of pyridine rings is 1. The van der Waals surface area contributed by atoms with Crippen LogP contribution in [0.1, 0.15) is 85.3 Å². The molecule has 0 spiro atoms. The Hall–Kier alpha value is -4.09. The summed E-state index contributed by atoms with van der Waals surface area (Å²) in [6, 6.07) is 37.9. The van der Waals surface area contributed by atoms with E-state index in [1.807, 2.05) is 33.9 Å². The zero-order valence-electron chi connectivity index (χ0n) is 32.4. The number of thiophene rings is 1. The summed E-state index contributed by atoms with van der Waals surface area (Å²) in [6.07, 6.45) is 6.85. The summed E-state index contributed by atoms with van der Waals surface area (Å²) in [5.74, 6) is 0.547. The summed E-state index contributed by atoms with van der Waals surface area (Å²) in [7, 11) is 0. The fourth-order valence-corrected chi connectivity index (χ4v) is 8.18. The topological polar surface area (TPSA) is 53.4 Å². The van der Waals surface area contributed by atoms with E-state index in [9.17, 15) is 9.90 Å². The number of carbonyl (C=O) groups excluding carboxylic acids is 1. The molecule has 0 saturated carbocycles. The average Bonchev–Trinajstić information content (AvgIpc) is 3.48. The van der Waals surface area contributed by atoms with Gasteiger partial charge in [0.25, 0.3) is 0 Å². The molecule has 0 unspecified atom stereocenters. The van der Waals surface area contributed by atoms with E-state index < -0.39 is 0 Å². The minimum atomic E-state index is 0. The van der Waals surface area contributed by atoms with E-state index in [-0.39, 0.29) is 48.9 Å². The number of allylic oxidation sites excluding steroid dienone is 2. The number of aliphatic hydroxyl groups is 1. The Morgan fingerprint density at radius 2 is 1.36 bits per heavy atom. The van der Waals surface area contributed by atoms with Crippen LogP contribution in [0.2, 0.25) is 0 Å². The van der Waals surface area contributed by atoms with Crippen molar-refractivity contribution in [3.8, 4) is 11.3 Å². The van der Waals surface area contributed by atoms with Crippen molar-refractivity contribution in [3.63, 3.8) is 0 Å². The van der Waals surface area contributed by atoms with Crippen molar-refractivity contribution in [1.29, 1.82) is 0 Å². The Morgan fingerprint density at radius 3 is 1.91 bits per heavy atom. The largest absolute Gasteiger partial charge is 0.512 e. The molecule has 4 nitrogen and oxygen atoms in total. The van der Waals surface area contributed by atoms with E-state index >= 15 is 0 Å². The summed E-state index contributed by atoms with van der Waals surface area (Å²) >= 11 is 1.81. The molecule has 2 heterocycles. The first-order chi connectivity index (χ1) is 25.0. The molecular weight excluding hydrogens is 849 g/mol. The molecule has 6 aromatic rings. The minimum Gasteiger partial charge on any atom is -0.512 e. The molecule has 2 aromatic heterocycles. The van der Waals surface area contributed by atoms with Gasteiger partial charge in [0, 0.05) is 66.0 Å². The molecule has 0 fully saturated rings. The molecule has 6 rings (SSSR count). The molecule has 0 aliphatic heterocycles. The van der Waals surface area contributed by atoms with Gasteiger partial charge in [-0.15, -0.1) is 40.5 Å². The second-order valence-electron chi connectivity index (χ2n) is 14.5. The number of anilines is 3. The van der Waals surface area contributed by atoms with Gasteiger partial charge in [-0.3, -0.25) is 9.78 Å². The van der Waals surface area contributed by atoms with Gasteiger partial charge in [-0.05, 0) is 79.3 Å². The number of rotatable bonds is 11. The Labute approximate surface area is 334 Å². The van der Waals surface area contributed by atoms with Crippen LogP contribution < -0.4 is 4.90 Å². The molecule has 1 radical (unpaired) electrons. The van der Waals surface area contributed by atoms with Crippen LogP contribution in [0.4, 0.5) is 16.4 Å². The molecule has 0 aliphatic rings. The van der Waals surface area contributed by atoms with Crippen LogP contribution >= 0.6 is 11.3 Å². The van der Waals surface area contributed by atoms with Crippen molar-refractivity contribution in [2.45, 2.75) is 86.5 Å². The van der Waals surface area contributed by atoms with E-state index in [2.05, 4.69) is 136 Å². The molecule has 4 aromatic carbocycles. The van der Waals surface area contributed by atoms with Crippen LogP contribution in [0.5, 0.6) is 0 Å². The molecule has 1 N–H and O–H groups in total. The number of aryl methyl sites for hydroxylation is 1. The number of hydrogen-bond donors (Lipinski definition) is 1. The van der Waals surface area contributed by atoms with Crippen molar-refractivity contribution in [1.82, 2.24) is 4.98 Å². The second-order valence-corrected chi connectivity index (χ2v) is 15.5. The van der Waals surface area contributed by atoms with Gasteiger partial charge in [0.2, 0.25) is 0 Å². The van der Waals surface area contributed by atoms with Crippen LogP contribution in [0, 0.1) is 24.8 Å². The zero-order valence-corrected chi connectivity index (χ0v) is 35.6. The van der Waals surface area contributed by atoms with E-state index in [1.165, 1.54) is 37.7 Å². The monoisotopic (exact) mass is 902 g/mol.